The first-order valence-corrected chi connectivity index (χ1v) is 5.61. The number of carbonyl (C=O) groups excluding carboxylic acids is 2. The first-order valence-electron chi connectivity index (χ1n) is 5.61. The molecule has 1 aromatic rings. The molecule has 0 aliphatic rings. The number of amides is 1. The number of carbonyl (C=O) groups is 2. The molecule has 1 aromatic carbocycles. The van der Waals surface area contributed by atoms with Crippen molar-refractivity contribution in [1.82, 2.24) is 0 Å². The van der Waals surface area contributed by atoms with Crippen molar-refractivity contribution in [2.45, 2.75) is 20.3 Å². The Kier molecular flexibility index (Phi) is 4.69. The van der Waals surface area contributed by atoms with Gasteiger partial charge in [0.2, 0.25) is 5.91 Å². The van der Waals surface area contributed by atoms with Crippen LogP contribution in [0, 0.1) is 5.92 Å². The molecule has 0 spiro atoms. The number of nitrogens with two attached hydrogens (primary N) is 1. The molecular formula is C13H17NO3. The van der Waals surface area contributed by atoms with Gasteiger partial charge in [0.05, 0.1) is 12.2 Å². The third-order valence-corrected chi connectivity index (χ3v) is 2.58. The fourth-order valence-electron chi connectivity index (χ4n) is 1.22. The molecule has 0 bridgehead atoms. The molecule has 0 aromatic heterocycles. The van der Waals surface area contributed by atoms with Crippen molar-refractivity contribution in [3.05, 3.63) is 35.4 Å². The van der Waals surface area contributed by atoms with Gasteiger partial charge in [0, 0.05) is 5.56 Å². The van der Waals surface area contributed by atoms with Gasteiger partial charge in [-0.1, -0.05) is 26.3 Å². The largest absolute Gasteiger partial charge is 0.462 e. The molecule has 4 nitrogen and oxygen atoms in total. The third-order valence-electron chi connectivity index (χ3n) is 2.58. The summed E-state index contributed by atoms with van der Waals surface area (Å²) < 4.78 is 5.12. The number of hydrogen-bond acceptors (Lipinski definition) is 3. The summed E-state index contributed by atoms with van der Waals surface area (Å²) in [6.45, 7) is 4.43. The molecule has 1 amide bonds. The Labute approximate surface area is 101 Å². The summed E-state index contributed by atoms with van der Waals surface area (Å²) in [7, 11) is 0. The Bertz CT molecular complexity index is 415. The van der Waals surface area contributed by atoms with Gasteiger partial charge in [-0.2, -0.15) is 0 Å². The lowest BCUT2D eigenvalue weighted by molar-refractivity contribution is 0.0447. The van der Waals surface area contributed by atoms with Crippen molar-refractivity contribution in [3.8, 4) is 0 Å². The maximum absolute atomic E-state index is 11.7. The maximum atomic E-state index is 11.7. The Hall–Kier alpha value is -1.84. The molecule has 1 atom stereocenters. The van der Waals surface area contributed by atoms with Crippen molar-refractivity contribution in [2.75, 3.05) is 6.61 Å². The van der Waals surface area contributed by atoms with Crippen molar-refractivity contribution in [1.29, 1.82) is 0 Å². The number of esters is 1. The van der Waals surface area contributed by atoms with Gasteiger partial charge in [-0.25, -0.2) is 4.79 Å². The van der Waals surface area contributed by atoms with Crippen molar-refractivity contribution >= 4 is 11.9 Å². The SMILES string of the molecule is CCC(C)COC(=O)c1cccc(C(N)=O)c1. The smallest absolute Gasteiger partial charge is 0.338 e. The van der Waals surface area contributed by atoms with Crippen LogP contribution in [0.4, 0.5) is 0 Å². The average molecular weight is 235 g/mol. The molecule has 2 N–H and O–H groups in total. The molecular weight excluding hydrogens is 218 g/mol. The number of rotatable bonds is 5. The summed E-state index contributed by atoms with van der Waals surface area (Å²) in [5.74, 6) is -0.645. The summed E-state index contributed by atoms with van der Waals surface area (Å²) >= 11 is 0. The topological polar surface area (TPSA) is 69.4 Å². The highest BCUT2D eigenvalue weighted by atomic mass is 16.5. The highest BCUT2D eigenvalue weighted by Crippen LogP contribution is 2.08. The number of ether oxygens (including phenoxy) is 1. The lowest BCUT2D eigenvalue weighted by atomic mass is 10.1. The molecule has 92 valence electrons. The summed E-state index contributed by atoms with van der Waals surface area (Å²) in [5, 5.41) is 0. The predicted octanol–water partition coefficient (Wildman–Crippen LogP) is 1.99. The lowest BCUT2D eigenvalue weighted by Crippen LogP contribution is -2.14. The van der Waals surface area contributed by atoms with Gasteiger partial charge >= 0.3 is 5.97 Å². The monoisotopic (exact) mass is 235 g/mol. The Morgan fingerprint density at radius 1 is 1.35 bits per heavy atom. The molecule has 0 aliphatic carbocycles. The molecule has 4 heteroatoms. The number of hydrogen-bond donors (Lipinski definition) is 1. The van der Waals surface area contributed by atoms with Crippen LogP contribution in [0.15, 0.2) is 24.3 Å². The fraction of sp³-hybridized carbons (Fsp3) is 0.385. The third kappa shape index (κ3) is 3.90. The minimum absolute atomic E-state index is 0.308. The molecule has 1 unspecified atom stereocenters. The summed E-state index contributed by atoms with van der Waals surface area (Å²) in [4.78, 5) is 22.6. The van der Waals surface area contributed by atoms with E-state index < -0.39 is 11.9 Å². The molecule has 0 radical (unpaired) electrons. The number of benzene rings is 1. The molecule has 17 heavy (non-hydrogen) atoms. The predicted molar refractivity (Wildman–Crippen MR) is 64.7 cm³/mol. The Morgan fingerprint density at radius 2 is 2.00 bits per heavy atom. The van der Waals surface area contributed by atoms with E-state index in [9.17, 15) is 9.59 Å². The van der Waals surface area contributed by atoms with Gasteiger partial charge < -0.3 is 10.5 Å². The maximum Gasteiger partial charge on any atom is 0.338 e. The summed E-state index contributed by atoms with van der Waals surface area (Å²) in [5.41, 5.74) is 5.80. The van der Waals surface area contributed by atoms with Crippen molar-refractivity contribution in [3.63, 3.8) is 0 Å². The second-order valence-corrected chi connectivity index (χ2v) is 4.06. The fourth-order valence-corrected chi connectivity index (χ4v) is 1.22. The zero-order valence-corrected chi connectivity index (χ0v) is 10.1. The van der Waals surface area contributed by atoms with E-state index >= 15 is 0 Å². The van der Waals surface area contributed by atoms with Crippen LogP contribution in [0.25, 0.3) is 0 Å². The normalized spacial score (nSPS) is 11.9. The van der Waals surface area contributed by atoms with Crippen LogP contribution in [-0.2, 0) is 4.74 Å². The van der Waals surface area contributed by atoms with E-state index in [0.29, 0.717) is 23.7 Å². The number of primary amides is 1. The Morgan fingerprint density at radius 3 is 2.59 bits per heavy atom. The van der Waals surface area contributed by atoms with Crippen LogP contribution in [0.1, 0.15) is 41.0 Å². The van der Waals surface area contributed by atoms with E-state index in [0.717, 1.165) is 6.42 Å². The van der Waals surface area contributed by atoms with Crippen LogP contribution in [0.5, 0.6) is 0 Å². The first-order chi connectivity index (χ1) is 8.04. The minimum atomic E-state index is -0.554. The lowest BCUT2D eigenvalue weighted by Gasteiger charge is -2.09. The van der Waals surface area contributed by atoms with E-state index in [-0.39, 0.29) is 0 Å². The second-order valence-electron chi connectivity index (χ2n) is 4.06. The standard InChI is InChI=1S/C13H17NO3/c1-3-9(2)8-17-13(16)11-6-4-5-10(7-11)12(14)15/h4-7,9H,3,8H2,1-2H3,(H2,14,15). The molecule has 0 fully saturated rings. The zero-order chi connectivity index (χ0) is 12.8. The quantitative estimate of drug-likeness (QED) is 0.793. The van der Waals surface area contributed by atoms with Crippen LogP contribution in [-0.4, -0.2) is 18.5 Å². The van der Waals surface area contributed by atoms with Crippen LogP contribution in [0.2, 0.25) is 0 Å². The highest BCUT2D eigenvalue weighted by molar-refractivity contribution is 5.97. The van der Waals surface area contributed by atoms with Gasteiger partial charge in [0.25, 0.3) is 0 Å². The molecule has 0 aliphatic heterocycles. The molecule has 0 saturated heterocycles. The van der Waals surface area contributed by atoms with Crippen LogP contribution < -0.4 is 5.73 Å². The van der Waals surface area contributed by atoms with E-state index in [1.807, 2.05) is 13.8 Å². The summed E-state index contributed by atoms with van der Waals surface area (Å²) in [6.07, 6.45) is 0.953. The average Bonchev–Trinajstić information content (AvgIpc) is 2.35. The Balaban J connectivity index is 2.69. The van der Waals surface area contributed by atoms with Crippen LogP contribution in [0.3, 0.4) is 0 Å². The minimum Gasteiger partial charge on any atom is -0.462 e. The van der Waals surface area contributed by atoms with Crippen molar-refractivity contribution < 1.29 is 14.3 Å². The van der Waals surface area contributed by atoms with E-state index in [2.05, 4.69) is 0 Å². The highest BCUT2D eigenvalue weighted by Gasteiger charge is 2.10. The van der Waals surface area contributed by atoms with E-state index in [4.69, 9.17) is 10.5 Å². The van der Waals surface area contributed by atoms with E-state index in [1.165, 1.54) is 6.07 Å². The van der Waals surface area contributed by atoms with Gasteiger partial charge in [-0.15, -0.1) is 0 Å². The molecule has 0 saturated carbocycles. The molecule has 1 rings (SSSR count). The van der Waals surface area contributed by atoms with Gasteiger partial charge in [-0.3, -0.25) is 4.79 Å². The van der Waals surface area contributed by atoms with Crippen molar-refractivity contribution in [2.24, 2.45) is 11.7 Å². The zero-order valence-electron chi connectivity index (χ0n) is 10.1. The van der Waals surface area contributed by atoms with Gasteiger partial charge in [0.15, 0.2) is 0 Å². The summed E-state index contributed by atoms with van der Waals surface area (Å²) in [6, 6.07) is 6.22. The second kappa shape index (κ2) is 6.03. The van der Waals surface area contributed by atoms with Crippen LogP contribution >= 0.6 is 0 Å². The van der Waals surface area contributed by atoms with E-state index in [1.54, 1.807) is 18.2 Å². The van der Waals surface area contributed by atoms with Gasteiger partial charge in [0.1, 0.15) is 0 Å². The first kappa shape index (κ1) is 13.2. The molecule has 0 heterocycles. The van der Waals surface area contributed by atoms with Gasteiger partial charge in [-0.05, 0) is 24.1 Å².